The van der Waals surface area contributed by atoms with E-state index < -0.39 is 6.10 Å². The van der Waals surface area contributed by atoms with Crippen molar-refractivity contribution in [3.8, 4) is 0 Å². The summed E-state index contributed by atoms with van der Waals surface area (Å²) in [5.74, 6) is 0.196. The maximum Gasteiger partial charge on any atom is 0.155 e. The number of ketones is 1. The highest BCUT2D eigenvalue weighted by Gasteiger charge is 2.14. The summed E-state index contributed by atoms with van der Waals surface area (Å²) in [5, 5.41) is 10.0. The number of carbonyl (C=O) groups is 1. The minimum atomic E-state index is -0.488. The molecule has 0 aromatic heterocycles. The van der Waals surface area contributed by atoms with Gasteiger partial charge < -0.3 is 5.11 Å². The Balaban J connectivity index is 2.02. The summed E-state index contributed by atoms with van der Waals surface area (Å²) >= 11 is 0. The van der Waals surface area contributed by atoms with Gasteiger partial charge in [-0.25, -0.2) is 0 Å². The van der Waals surface area contributed by atoms with Crippen LogP contribution < -0.4 is 0 Å². The fourth-order valence-corrected chi connectivity index (χ4v) is 2.06. The lowest BCUT2D eigenvalue weighted by atomic mass is 9.92. The predicted octanol–water partition coefficient (Wildman–Crippen LogP) is 2.79. The van der Waals surface area contributed by atoms with E-state index >= 15 is 0 Å². The highest BCUT2D eigenvalue weighted by molar-refractivity contribution is 5.91. The van der Waals surface area contributed by atoms with Crippen LogP contribution in [0.2, 0.25) is 0 Å². The monoisotopic (exact) mass is 216 g/mol. The molecule has 0 bridgehead atoms. The number of hydrogen-bond acceptors (Lipinski definition) is 2. The zero-order valence-electron chi connectivity index (χ0n) is 9.23. The van der Waals surface area contributed by atoms with Crippen molar-refractivity contribution in [2.24, 2.45) is 0 Å². The van der Waals surface area contributed by atoms with E-state index in [-0.39, 0.29) is 5.78 Å². The smallest absolute Gasteiger partial charge is 0.155 e. The molecule has 1 aromatic rings. The highest BCUT2D eigenvalue weighted by atomic mass is 16.3. The molecule has 2 nitrogen and oxygen atoms in total. The van der Waals surface area contributed by atoms with Crippen LogP contribution in [0.1, 0.15) is 37.4 Å². The lowest BCUT2D eigenvalue weighted by Gasteiger charge is -2.16. The van der Waals surface area contributed by atoms with Crippen LogP contribution in [0.4, 0.5) is 0 Å². The average molecular weight is 216 g/mol. The van der Waals surface area contributed by atoms with Gasteiger partial charge in [0.2, 0.25) is 0 Å². The zero-order valence-corrected chi connectivity index (χ0v) is 9.23. The Morgan fingerprint density at radius 2 is 1.94 bits per heavy atom. The molecular weight excluding hydrogens is 200 g/mol. The second-order valence-electron chi connectivity index (χ2n) is 4.25. The summed E-state index contributed by atoms with van der Waals surface area (Å²) < 4.78 is 0. The van der Waals surface area contributed by atoms with Crippen molar-refractivity contribution in [3.63, 3.8) is 0 Å². The van der Waals surface area contributed by atoms with Gasteiger partial charge in [0.25, 0.3) is 0 Å². The minimum Gasteiger partial charge on any atom is -0.388 e. The van der Waals surface area contributed by atoms with Crippen molar-refractivity contribution in [3.05, 3.63) is 47.5 Å². The van der Waals surface area contributed by atoms with E-state index in [0.717, 1.165) is 24.0 Å². The topological polar surface area (TPSA) is 37.3 Å². The lowest BCUT2D eigenvalue weighted by molar-refractivity contribution is -0.115. The number of aliphatic hydroxyl groups is 1. The Morgan fingerprint density at radius 1 is 1.19 bits per heavy atom. The van der Waals surface area contributed by atoms with E-state index in [1.807, 2.05) is 30.3 Å². The van der Waals surface area contributed by atoms with Gasteiger partial charge in [-0.3, -0.25) is 4.79 Å². The Morgan fingerprint density at radius 3 is 2.62 bits per heavy atom. The lowest BCUT2D eigenvalue weighted by Crippen LogP contribution is -2.06. The van der Waals surface area contributed by atoms with Crippen molar-refractivity contribution in [2.75, 3.05) is 0 Å². The summed E-state index contributed by atoms with van der Waals surface area (Å²) in [4.78, 5) is 11.2. The van der Waals surface area contributed by atoms with Crippen LogP contribution in [0, 0.1) is 0 Å². The van der Waals surface area contributed by atoms with E-state index in [1.165, 1.54) is 0 Å². The fourth-order valence-electron chi connectivity index (χ4n) is 2.06. The predicted molar refractivity (Wildman–Crippen MR) is 63.0 cm³/mol. The number of aliphatic hydroxyl groups excluding tert-OH is 1. The molecule has 1 aliphatic rings. The van der Waals surface area contributed by atoms with E-state index in [1.54, 1.807) is 6.08 Å². The van der Waals surface area contributed by atoms with Crippen molar-refractivity contribution in [1.29, 1.82) is 0 Å². The summed E-state index contributed by atoms with van der Waals surface area (Å²) in [7, 11) is 0. The standard InChI is InChI=1S/C14H16O2/c15-13-8-4-5-11(9-13)10-14(16)12-6-2-1-3-7-12/h1-3,6-7,9,14,16H,4-5,8,10H2. The van der Waals surface area contributed by atoms with Crippen molar-refractivity contribution < 1.29 is 9.90 Å². The third kappa shape index (κ3) is 2.80. The van der Waals surface area contributed by atoms with Gasteiger partial charge in [0.1, 0.15) is 0 Å². The number of benzene rings is 1. The fraction of sp³-hybridized carbons (Fsp3) is 0.357. The van der Waals surface area contributed by atoms with Crippen LogP contribution >= 0.6 is 0 Å². The van der Waals surface area contributed by atoms with Gasteiger partial charge in [0.05, 0.1) is 6.10 Å². The van der Waals surface area contributed by atoms with Crippen LogP contribution in [-0.2, 0) is 4.79 Å². The molecule has 0 amide bonds. The molecule has 2 rings (SSSR count). The normalized spacial score (nSPS) is 18.1. The average Bonchev–Trinajstić information content (AvgIpc) is 2.30. The Labute approximate surface area is 95.6 Å². The number of carbonyl (C=O) groups excluding carboxylic acids is 1. The van der Waals surface area contributed by atoms with Crippen molar-refractivity contribution in [1.82, 2.24) is 0 Å². The first-order chi connectivity index (χ1) is 7.75. The van der Waals surface area contributed by atoms with E-state index in [4.69, 9.17) is 0 Å². The molecule has 1 unspecified atom stereocenters. The van der Waals surface area contributed by atoms with Gasteiger partial charge in [-0.05, 0) is 30.9 Å². The van der Waals surface area contributed by atoms with Crippen molar-refractivity contribution in [2.45, 2.75) is 31.8 Å². The zero-order chi connectivity index (χ0) is 11.4. The summed E-state index contributed by atoms with van der Waals surface area (Å²) in [6.45, 7) is 0. The Kier molecular flexibility index (Phi) is 3.52. The quantitative estimate of drug-likeness (QED) is 0.843. The van der Waals surface area contributed by atoms with E-state index in [9.17, 15) is 9.90 Å². The number of rotatable bonds is 3. The molecule has 1 atom stereocenters. The third-order valence-corrected chi connectivity index (χ3v) is 2.93. The summed E-state index contributed by atoms with van der Waals surface area (Å²) in [5.41, 5.74) is 1.99. The molecule has 0 fully saturated rings. The molecule has 0 heterocycles. The molecule has 0 saturated carbocycles. The third-order valence-electron chi connectivity index (χ3n) is 2.93. The van der Waals surface area contributed by atoms with Gasteiger partial charge in [-0.15, -0.1) is 0 Å². The van der Waals surface area contributed by atoms with Gasteiger partial charge in [0, 0.05) is 6.42 Å². The van der Waals surface area contributed by atoms with Gasteiger partial charge in [0.15, 0.2) is 5.78 Å². The van der Waals surface area contributed by atoms with E-state index in [0.29, 0.717) is 12.8 Å². The largest absolute Gasteiger partial charge is 0.388 e. The van der Waals surface area contributed by atoms with Crippen LogP contribution in [0.25, 0.3) is 0 Å². The van der Waals surface area contributed by atoms with E-state index in [2.05, 4.69) is 0 Å². The van der Waals surface area contributed by atoms with Gasteiger partial charge in [-0.1, -0.05) is 35.9 Å². The molecule has 0 spiro atoms. The van der Waals surface area contributed by atoms with Crippen LogP contribution in [0.3, 0.4) is 0 Å². The molecule has 0 saturated heterocycles. The first kappa shape index (κ1) is 11.1. The van der Waals surface area contributed by atoms with Crippen LogP contribution in [0.15, 0.2) is 42.0 Å². The molecule has 16 heavy (non-hydrogen) atoms. The Bertz CT molecular complexity index is 392. The summed E-state index contributed by atoms with van der Waals surface area (Å²) in [6, 6.07) is 9.59. The molecule has 2 heteroatoms. The molecule has 0 radical (unpaired) electrons. The van der Waals surface area contributed by atoms with Crippen LogP contribution in [-0.4, -0.2) is 10.9 Å². The van der Waals surface area contributed by atoms with Gasteiger partial charge in [-0.2, -0.15) is 0 Å². The first-order valence-electron chi connectivity index (χ1n) is 5.71. The number of allylic oxidation sites excluding steroid dienone is 1. The summed E-state index contributed by atoms with van der Waals surface area (Å²) in [6.07, 6.45) is 4.32. The van der Waals surface area contributed by atoms with Gasteiger partial charge >= 0.3 is 0 Å². The Hall–Kier alpha value is -1.41. The molecule has 1 N–H and O–H groups in total. The highest BCUT2D eigenvalue weighted by Crippen LogP contribution is 2.26. The molecule has 1 aliphatic carbocycles. The minimum absolute atomic E-state index is 0.196. The second-order valence-corrected chi connectivity index (χ2v) is 4.25. The second kappa shape index (κ2) is 5.08. The molecule has 1 aromatic carbocycles. The molecular formula is C14H16O2. The number of hydrogen-bond donors (Lipinski definition) is 1. The van der Waals surface area contributed by atoms with Crippen molar-refractivity contribution >= 4 is 5.78 Å². The maximum atomic E-state index is 11.2. The SMILES string of the molecule is O=C1C=C(CC(O)c2ccccc2)CCC1. The molecule has 0 aliphatic heterocycles. The molecule has 84 valence electrons. The maximum absolute atomic E-state index is 11.2. The van der Waals surface area contributed by atoms with Crippen LogP contribution in [0.5, 0.6) is 0 Å². The first-order valence-corrected chi connectivity index (χ1v) is 5.71.